The second-order valence-electron chi connectivity index (χ2n) is 19.4. The standard InChI is InChI=1S/C55H106O6/c1-6-9-10-11-12-13-14-15-16-21-24-27-30-37-42-47-55(58)61-52(49-60-54(57)46-41-36-32-31-34-39-44-51(5)8-3)48-59-53(56)45-40-35-29-26-23-20-18-17-19-22-25-28-33-38-43-50(4)7-2/h50-52H,6-49H2,1-5H3/t50?,51?,52-/m0/s1. The number of carbonyl (C=O) groups excluding carboxylic acids is 3. The van der Waals surface area contributed by atoms with Gasteiger partial charge in [-0.3, -0.25) is 14.4 Å². The lowest BCUT2D eigenvalue weighted by Gasteiger charge is -2.18. The largest absolute Gasteiger partial charge is 0.462 e. The Labute approximate surface area is 380 Å². The zero-order valence-corrected chi connectivity index (χ0v) is 41.8. The summed E-state index contributed by atoms with van der Waals surface area (Å²) < 4.78 is 16.8. The number of esters is 3. The van der Waals surface area contributed by atoms with Gasteiger partial charge in [0.15, 0.2) is 6.10 Å². The molecule has 0 aliphatic heterocycles. The van der Waals surface area contributed by atoms with Gasteiger partial charge >= 0.3 is 17.9 Å². The van der Waals surface area contributed by atoms with Crippen LogP contribution in [0.5, 0.6) is 0 Å². The molecule has 0 saturated heterocycles. The van der Waals surface area contributed by atoms with Crippen LogP contribution in [0.4, 0.5) is 0 Å². The van der Waals surface area contributed by atoms with E-state index < -0.39 is 6.10 Å². The average molecular weight is 863 g/mol. The molecule has 6 nitrogen and oxygen atoms in total. The number of ether oxygens (including phenoxy) is 3. The van der Waals surface area contributed by atoms with E-state index in [1.807, 2.05) is 0 Å². The second kappa shape index (κ2) is 47.9. The van der Waals surface area contributed by atoms with Crippen LogP contribution in [-0.4, -0.2) is 37.2 Å². The number of rotatable bonds is 49. The highest BCUT2D eigenvalue weighted by Gasteiger charge is 2.19. The lowest BCUT2D eigenvalue weighted by Crippen LogP contribution is -2.30. The first-order valence-corrected chi connectivity index (χ1v) is 27.3. The Bertz CT molecular complexity index is 935. The molecule has 3 atom stereocenters. The highest BCUT2D eigenvalue weighted by atomic mass is 16.6. The van der Waals surface area contributed by atoms with Gasteiger partial charge in [-0.05, 0) is 31.1 Å². The summed E-state index contributed by atoms with van der Waals surface area (Å²) in [4.78, 5) is 38.0. The molecule has 0 aliphatic carbocycles. The molecule has 0 spiro atoms. The Morgan fingerprint density at radius 3 is 0.852 bits per heavy atom. The van der Waals surface area contributed by atoms with Crippen molar-refractivity contribution in [2.75, 3.05) is 13.2 Å². The zero-order chi connectivity index (χ0) is 44.7. The Morgan fingerprint density at radius 1 is 0.328 bits per heavy atom. The van der Waals surface area contributed by atoms with Gasteiger partial charge in [0.05, 0.1) is 0 Å². The normalized spacial score (nSPS) is 12.9. The van der Waals surface area contributed by atoms with Crippen molar-refractivity contribution in [3.8, 4) is 0 Å². The van der Waals surface area contributed by atoms with E-state index in [1.165, 1.54) is 193 Å². The first kappa shape index (κ1) is 59.4. The van der Waals surface area contributed by atoms with Gasteiger partial charge in [0, 0.05) is 19.3 Å². The van der Waals surface area contributed by atoms with Crippen molar-refractivity contribution in [3.63, 3.8) is 0 Å². The molecule has 61 heavy (non-hydrogen) atoms. The van der Waals surface area contributed by atoms with E-state index in [1.54, 1.807) is 0 Å². The fraction of sp³-hybridized carbons (Fsp3) is 0.945. The van der Waals surface area contributed by atoms with Crippen LogP contribution >= 0.6 is 0 Å². The minimum atomic E-state index is -0.762. The predicted molar refractivity (Wildman–Crippen MR) is 261 cm³/mol. The molecule has 0 heterocycles. The van der Waals surface area contributed by atoms with Crippen LogP contribution in [-0.2, 0) is 28.6 Å². The lowest BCUT2D eigenvalue weighted by molar-refractivity contribution is -0.167. The van der Waals surface area contributed by atoms with E-state index in [2.05, 4.69) is 34.6 Å². The fourth-order valence-corrected chi connectivity index (χ4v) is 8.28. The molecule has 0 fully saturated rings. The van der Waals surface area contributed by atoms with Crippen LogP contribution in [0.25, 0.3) is 0 Å². The molecule has 0 amide bonds. The van der Waals surface area contributed by atoms with Crippen LogP contribution in [0.1, 0.15) is 304 Å². The highest BCUT2D eigenvalue weighted by Crippen LogP contribution is 2.18. The molecule has 6 heteroatoms. The first-order chi connectivity index (χ1) is 29.8. The summed E-state index contributed by atoms with van der Waals surface area (Å²) in [6.45, 7) is 11.4. The van der Waals surface area contributed by atoms with E-state index in [9.17, 15) is 14.4 Å². The molecule has 2 unspecified atom stereocenters. The quantitative estimate of drug-likeness (QED) is 0.0344. The monoisotopic (exact) mass is 863 g/mol. The maximum Gasteiger partial charge on any atom is 0.306 e. The molecule has 0 N–H and O–H groups in total. The van der Waals surface area contributed by atoms with E-state index >= 15 is 0 Å². The number of unbranched alkanes of at least 4 members (excludes halogenated alkanes) is 32. The van der Waals surface area contributed by atoms with Crippen LogP contribution < -0.4 is 0 Å². The Kier molecular flexibility index (Phi) is 46.6. The van der Waals surface area contributed by atoms with Crippen molar-refractivity contribution in [1.29, 1.82) is 0 Å². The van der Waals surface area contributed by atoms with Crippen LogP contribution in [0.3, 0.4) is 0 Å². The van der Waals surface area contributed by atoms with Gasteiger partial charge in [0.25, 0.3) is 0 Å². The maximum absolute atomic E-state index is 12.8. The minimum absolute atomic E-state index is 0.0639. The van der Waals surface area contributed by atoms with Gasteiger partial charge in [-0.2, -0.15) is 0 Å². The third-order valence-corrected chi connectivity index (χ3v) is 13.2. The predicted octanol–water partition coefficient (Wildman–Crippen LogP) is 17.7. The van der Waals surface area contributed by atoms with Gasteiger partial charge in [-0.15, -0.1) is 0 Å². The number of hydrogen-bond acceptors (Lipinski definition) is 6. The van der Waals surface area contributed by atoms with E-state index in [-0.39, 0.29) is 31.1 Å². The molecule has 0 bridgehead atoms. The van der Waals surface area contributed by atoms with Crippen LogP contribution in [0.2, 0.25) is 0 Å². The van der Waals surface area contributed by atoms with Gasteiger partial charge in [-0.1, -0.05) is 266 Å². The summed E-state index contributed by atoms with van der Waals surface area (Å²) in [5.74, 6) is 0.863. The lowest BCUT2D eigenvalue weighted by atomic mass is 9.99. The molecule has 0 aromatic carbocycles. The van der Waals surface area contributed by atoms with E-state index in [0.717, 1.165) is 69.6 Å². The smallest absolute Gasteiger partial charge is 0.306 e. The summed E-state index contributed by atoms with van der Waals surface area (Å²) in [6, 6.07) is 0. The van der Waals surface area contributed by atoms with Crippen molar-refractivity contribution in [2.24, 2.45) is 11.8 Å². The van der Waals surface area contributed by atoms with Crippen molar-refractivity contribution in [3.05, 3.63) is 0 Å². The average Bonchev–Trinajstić information content (AvgIpc) is 3.26. The second-order valence-corrected chi connectivity index (χ2v) is 19.4. The van der Waals surface area contributed by atoms with Crippen LogP contribution in [0.15, 0.2) is 0 Å². The summed E-state index contributed by atoms with van der Waals surface area (Å²) in [7, 11) is 0. The first-order valence-electron chi connectivity index (χ1n) is 27.3. The topological polar surface area (TPSA) is 78.9 Å². The maximum atomic E-state index is 12.8. The Balaban J connectivity index is 4.27. The molecule has 0 aromatic rings. The molecule has 0 aliphatic rings. The van der Waals surface area contributed by atoms with Gasteiger partial charge in [0.1, 0.15) is 13.2 Å². The van der Waals surface area contributed by atoms with Gasteiger partial charge in [-0.25, -0.2) is 0 Å². The Hall–Kier alpha value is -1.59. The van der Waals surface area contributed by atoms with Gasteiger partial charge < -0.3 is 14.2 Å². The molecule has 0 radical (unpaired) electrons. The van der Waals surface area contributed by atoms with Crippen molar-refractivity contribution in [2.45, 2.75) is 310 Å². The van der Waals surface area contributed by atoms with Gasteiger partial charge in [0.2, 0.25) is 0 Å². The summed E-state index contributed by atoms with van der Waals surface area (Å²) in [5, 5.41) is 0. The highest BCUT2D eigenvalue weighted by molar-refractivity contribution is 5.71. The molecule has 0 aromatic heterocycles. The fourth-order valence-electron chi connectivity index (χ4n) is 8.28. The van der Waals surface area contributed by atoms with E-state index in [0.29, 0.717) is 19.3 Å². The number of carbonyl (C=O) groups is 3. The summed E-state index contributed by atoms with van der Waals surface area (Å²) in [6.07, 6.45) is 49.4. The molecular formula is C55H106O6. The van der Waals surface area contributed by atoms with Crippen molar-refractivity contribution in [1.82, 2.24) is 0 Å². The SMILES string of the molecule is CCCCCCCCCCCCCCCCCC(=O)O[C@@H](COC(=O)CCCCCCCCCCCCCCCCC(C)CC)COC(=O)CCCCCCCCC(C)CC. The van der Waals surface area contributed by atoms with Crippen molar-refractivity contribution < 1.29 is 28.6 Å². The third kappa shape index (κ3) is 46.2. The van der Waals surface area contributed by atoms with Crippen LogP contribution in [0, 0.1) is 11.8 Å². The molecular weight excluding hydrogens is 757 g/mol. The summed E-state index contributed by atoms with van der Waals surface area (Å²) in [5.41, 5.74) is 0. The Morgan fingerprint density at radius 2 is 0.574 bits per heavy atom. The molecule has 0 rings (SSSR count). The van der Waals surface area contributed by atoms with Crippen molar-refractivity contribution >= 4 is 17.9 Å². The van der Waals surface area contributed by atoms with E-state index in [4.69, 9.17) is 14.2 Å². The minimum Gasteiger partial charge on any atom is -0.462 e. The third-order valence-electron chi connectivity index (χ3n) is 13.2. The molecule has 0 saturated carbocycles. The number of hydrogen-bond donors (Lipinski definition) is 0. The zero-order valence-electron chi connectivity index (χ0n) is 41.8. The molecule has 362 valence electrons. The summed E-state index contributed by atoms with van der Waals surface area (Å²) >= 11 is 0.